The minimum atomic E-state index is 0.439. The van der Waals surface area contributed by atoms with Crippen LogP contribution in [0.5, 0.6) is 0 Å². The molecular formula is C16H28N2. The lowest BCUT2D eigenvalue weighted by molar-refractivity contribution is 0.0415. The Hall–Kier alpha value is -0.0800. The highest BCUT2D eigenvalue weighted by atomic mass is 15.3. The standard InChI is InChI=1S/C16H28N2/c17-11-16(8-7-13-10-14(13)16)18-9-3-6-15(18)12-4-1-2-5-12/h12-15H,1-11,17H2. The van der Waals surface area contributed by atoms with E-state index >= 15 is 0 Å². The summed E-state index contributed by atoms with van der Waals surface area (Å²) in [5.74, 6) is 3.04. The largest absolute Gasteiger partial charge is 0.329 e. The Morgan fingerprint density at radius 2 is 1.83 bits per heavy atom. The first kappa shape index (κ1) is 11.7. The van der Waals surface area contributed by atoms with Crippen molar-refractivity contribution in [1.82, 2.24) is 4.90 Å². The van der Waals surface area contributed by atoms with Crippen molar-refractivity contribution in [2.45, 2.75) is 69.4 Å². The molecule has 4 unspecified atom stereocenters. The van der Waals surface area contributed by atoms with E-state index in [1.165, 1.54) is 64.3 Å². The molecule has 0 aromatic carbocycles. The van der Waals surface area contributed by atoms with Crippen molar-refractivity contribution >= 4 is 0 Å². The maximum atomic E-state index is 6.28. The summed E-state index contributed by atoms with van der Waals surface area (Å²) in [5.41, 5.74) is 6.72. The molecule has 2 heteroatoms. The van der Waals surface area contributed by atoms with E-state index in [0.29, 0.717) is 5.54 Å². The van der Waals surface area contributed by atoms with Crippen LogP contribution in [0.15, 0.2) is 0 Å². The molecule has 0 bridgehead atoms. The number of nitrogens with two attached hydrogens (primary N) is 1. The van der Waals surface area contributed by atoms with Gasteiger partial charge in [-0.2, -0.15) is 0 Å². The van der Waals surface area contributed by atoms with E-state index in [-0.39, 0.29) is 0 Å². The molecule has 2 nitrogen and oxygen atoms in total. The molecule has 4 aliphatic rings. The van der Waals surface area contributed by atoms with Crippen LogP contribution < -0.4 is 5.73 Å². The fourth-order valence-electron chi connectivity index (χ4n) is 5.75. The molecule has 2 N–H and O–H groups in total. The van der Waals surface area contributed by atoms with E-state index in [0.717, 1.165) is 30.3 Å². The van der Waals surface area contributed by atoms with Crippen LogP contribution >= 0.6 is 0 Å². The molecule has 18 heavy (non-hydrogen) atoms. The molecule has 4 fully saturated rings. The lowest BCUT2D eigenvalue weighted by atomic mass is 9.86. The predicted molar refractivity (Wildman–Crippen MR) is 74.3 cm³/mol. The normalized spacial score (nSPS) is 48.8. The zero-order valence-corrected chi connectivity index (χ0v) is 11.6. The second kappa shape index (κ2) is 4.21. The Kier molecular flexibility index (Phi) is 2.74. The second-order valence-corrected chi connectivity index (χ2v) is 7.40. The average Bonchev–Trinajstić information content (AvgIpc) is 2.84. The molecule has 102 valence electrons. The van der Waals surface area contributed by atoms with Crippen LogP contribution in [0.2, 0.25) is 0 Å². The van der Waals surface area contributed by atoms with Crippen LogP contribution in [-0.4, -0.2) is 29.6 Å². The van der Waals surface area contributed by atoms with Crippen molar-refractivity contribution < 1.29 is 0 Å². The third kappa shape index (κ3) is 1.54. The van der Waals surface area contributed by atoms with Gasteiger partial charge in [0.2, 0.25) is 0 Å². The molecule has 0 aromatic rings. The molecule has 3 aliphatic carbocycles. The maximum Gasteiger partial charge on any atom is 0.0365 e. The quantitative estimate of drug-likeness (QED) is 0.832. The summed E-state index contributed by atoms with van der Waals surface area (Å²) in [6.45, 7) is 2.28. The Bertz CT molecular complexity index is 323. The smallest absolute Gasteiger partial charge is 0.0365 e. The SMILES string of the molecule is NCC1(N2CCCC2C2CCCC2)CCC2CC21. The van der Waals surface area contributed by atoms with Gasteiger partial charge in [-0.3, -0.25) is 4.90 Å². The van der Waals surface area contributed by atoms with E-state index in [9.17, 15) is 0 Å². The molecule has 0 radical (unpaired) electrons. The van der Waals surface area contributed by atoms with Gasteiger partial charge in [-0.25, -0.2) is 0 Å². The van der Waals surface area contributed by atoms with Crippen molar-refractivity contribution in [3.63, 3.8) is 0 Å². The van der Waals surface area contributed by atoms with Gasteiger partial charge < -0.3 is 5.73 Å². The number of fused-ring (bicyclic) bond motifs is 1. The Morgan fingerprint density at radius 1 is 1.00 bits per heavy atom. The zero-order valence-electron chi connectivity index (χ0n) is 11.6. The molecule has 1 heterocycles. The van der Waals surface area contributed by atoms with Crippen molar-refractivity contribution in [2.75, 3.05) is 13.1 Å². The summed E-state index contributed by atoms with van der Waals surface area (Å²) in [6.07, 6.45) is 13.2. The minimum Gasteiger partial charge on any atom is -0.329 e. The van der Waals surface area contributed by atoms with Crippen LogP contribution in [0.25, 0.3) is 0 Å². The molecular weight excluding hydrogens is 220 g/mol. The first-order chi connectivity index (χ1) is 8.85. The van der Waals surface area contributed by atoms with Gasteiger partial charge in [0.25, 0.3) is 0 Å². The Morgan fingerprint density at radius 3 is 2.44 bits per heavy atom. The van der Waals surface area contributed by atoms with Crippen molar-refractivity contribution in [1.29, 1.82) is 0 Å². The fraction of sp³-hybridized carbons (Fsp3) is 1.00. The first-order valence-corrected chi connectivity index (χ1v) is 8.32. The lowest BCUT2D eigenvalue weighted by Crippen LogP contribution is -2.57. The van der Waals surface area contributed by atoms with Crippen LogP contribution in [0.3, 0.4) is 0 Å². The monoisotopic (exact) mass is 248 g/mol. The number of nitrogens with zero attached hydrogens (tertiary/aromatic N) is 1. The van der Waals surface area contributed by atoms with Gasteiger partial charge >= 0.3 is 0 Å². The highest BCUT2D eigenvalue weighted by Gasteiger charge is 2.61. The first-order valence-electron chi connectivity index (χ1n) is 8.32. The van der Waals surface area contributed by atoms with E-state index in [2.05, 4.69) is 4.90 Å². The van der Waals surface area contributed by atoms with Crippen LogP contribution in [0.1, 0.15) is 57.8 Å². The predicted octanol–water partition coefficient (Wildman–Crippen LogP) is 2.77. The third-order valence-electron chi connectivity index (χ3n) is 6.73. The van der Waals surface area contributed by atoms with Gasteiger partial charge in [-0.15, -0.1) is 0 Å². The van der Waals surface area contributed by atoms with Gasteiger partial charge in [0, 0.05) is 18.1 Å². The lowest BCUT2D eigenvalue weighted by Gasteiger charge is -2.45. The number of hydrogen-bond acceptors (Lipinski definition) is 2. The summed E-state index contributed by atoms with van der Waals surface area (Å²) in [5, 5.41) is 0. The van der Waals surface area contributed by atoms with Crippen molar-refractivity contribution in [2.24, 2.45) is 23.5 Å². The summed E-state index contributed by atoms with van der Waals surface area (Å²) < 4.78 is 0. The van der Waals surface area contributed by atoms with E-state index < -0.39 is 0 Å². The fourth-order valence-corrected chi connectivity index (χ4v) is 5.75. The summed E-state index contributed by atoms with van der Waals surface area (Å²) in [4.78, 5) is 2.93. The van der Waals surface area contributed by atoms with Gasteiger partial charge in [-0.1, -0.05) is 12.8 Å². The highest BCUT2D eigenvalue weighted by Crippen LogP contribution is 2.61. The zero-order chi connectivity index (χ0) is 12.2. The second-order valence-electron chi connectivity index (χ2n) is 7.40. The molecule has 4 atom stereocenters. The van der Waals surface area contributed by atoms with E-state index in [1.54, 1.807) is 0 Å². The van der Waals surface area contributed by atoms with Gasteiger partial charge in [0.05, 0.1) is 0 Å². The number of rotatable bonds is 3. The molecule has 4 rings (SSSR count). The van der Waals surface area contributed by atoms with Crippen LogP contribution in [-0.2, 0) is 0 Å². The topological polar surface area (TPSA) is 29.3 Å². The van der Waals surface area contributed by atoms with E-state index in [4.69, 9.17) is 5.73 Å². The molecule has 0 spiro atoms. The Balaban J connectivity index is 1.58. The van der Waals surface area contributed by atoms with Crippen LogP contribution in [0.4, 0.5) is 0 Å². The van der Waals surface area contributed by atoms with Gasteiger partial charge in [0.15, 0.2) is 0 Å². The van der Waals surface area contributed by atoms with Gasteiger partial charge in [-0.05, 0) is 69.2 Å². The number of hydrogen-bond donors (Lipinski definition) is 1. The van der Waals surface area contributed by atoms with Crippen molar-refractivity contribution in [3.8, 4) is 0 Å². The maximum absolute atomic E-state index is 6.28. The minimum absolute atomic E-state index is 0.439. The van der Waals surface area contributed by atoms with E-state index in [1.807, 2.05) is 0 Å². The Labute approximate surface area is 111 Å². The summed E-state index contributed by atoms with van der Waals surface area (Å²) in [7, 11) is 0. The van der Waals surface area contributed by atoms with Gasteiger partial charge in [0.1, 0.15) is 0 Å². The molecule has 0 amide bonds. The molecule has 1 saturated heterocycles. The molecule has 1 aliphatic heterocycles. The molecule has 3 saturated carbocycles. The van der Waals surface area contributed by atoms with Crippen LogP contribution in [0, 0.1) is 17.8 Å². The average molecular weight is 248 g/mol. The summed E-state index contributed by atoms with van der Waals surface area (Å²) >= 11 is 0. The summed E-state index contributed by atoms with van der Waals surface area (Å²) in [6, 6.07) is 0.899. The highest BCUT2D eigenvalue weighted by molar-refractivity contribution is 5.15. The third-order valence-corrected chi connectivity index (χ3v) is 6.73. The van der Waals surface area contributed by atoms with Crippen molar-refractivity contribution in [3.05, 3.63) is 0 Å². The number of likely N-dealkylation sites (tertiary alicyclic amines) is 1. The molecule has 0 aromatic heterocycles.